The SMILES string of the molecule is Cc1cccc(CN(C(=O)Cc2ccccc2Cl)C(Cc2ccccc2)C(=O)NC(C)(C)C)c1. The summed E-state index contributed by atoms with van der Waals surface area (Å²) in [6.45, 7) is 8.19. The van der Waals surface area contributed by atoms with Crippen molar-refractivity contribution in [1.82, 2.24) is 10.2 Å². The highest BCUT2D eigenvalue weighted by Crippen LogP contribution is 2.21. The lowest BCUT2D eigenvalue weighted by molar-refractivity contribution is -0.141. The summed E-state index contributed by atoms with van der Waals surface area (Å²) >= 11 is 6.36. The molecule has 0 bridgehead atoms. The van der Waals surface area contributed by atoms with E-state index in [0.29, 0.717) is 18.0 Å². The van der Waals surface area contributed by atoms with Crippen LogP contribution in [-0.2, 0) is 29.0 Å². The van der Waals surface area contributed by atoms with E-state index in [4.69, 9.17) is 11.6 Å². The van der Waals surface area contributed by atoms with Crippen LogP contribution in [0.15, 0.2) is 78.9 Å². The first-order valence-corrected chi connectivity index (χ1v) is 11.9. The molecular weight excluding hydrogens is 444 g/mol. The quantitative estimate of drug-likeness (QED) is 0.450. The highest BCUT2D eigenvalue weighted by atomic mass is 35.5. The van der Waals surface area contributed by atoms with Gasteiger partial charge in [-0.05, 0) is 50.5 Å². The lowest BCUT2D eigenvalue weighted by atomic mass is 9.99. The molecule has 0 aliphatic carbocycles. The van der Waals surface area contributed by atoms with E-state index >= 15 is 0 Å². The fourth-order valence-electron chi connectivity index (χ4n) is 3.92. The number of hydrogen-bond acceptors (Lipinski definition) is 2. The van der Waals surface area contributed by atoms with Gasteiger partial charge in [-0.15, -0.1) is 0 Å². The van der Waals surface area contributed by atoms with Gasteiger partial charge in [-0.1, -0.05) is 90.0 Å². The summed E-state index contributed by atoms with van der Waals surface area (Å²) in [6.07, 6.45) is 0.544. The van der Waals surface area contributed by atoms with Crippen molar-refractivity contribution in [2.75, 3.05) is 0 Å². The lowest BCUT2D eigenvalue weighted by Crippen LogP contribution is -2.54. The minimum Gasteiger partial charge on any atom is -0.350 e. The number of aryl methyl sites for hydroxylation is 1. The van der Waals surface area contributed by atoms with Crippen LogP contribution in [0.2, 0.25) is 5.02 Å². The number of nitrogens with one attached hydrogen (secondary N) is 1. The summed E-state index contributed by atoms with van der Waals surface area (Å²) in [5, 5.41) is 3.63. The molecule has 34 heavy (non-hydrogen) atoms. The Bertz CT molecular complexity index is 1120. The molecule has 3 aromatic rings. The third-order valence-electron chi connectivity index (χ3n) is 5.50. The molecule has 0 aromatic heterocycles. The van der Waals surface area contributed by atoms with E-state index in [2.05, 4.69) is 11.4 Å². The zero-order chi connectivity index (χ0) is 24.7. The highest BCUT2D eigenvalue weighted by Gasteiger charge is 2.32. The molecule has 2 amide bonds. The van der Waals surface area contributed by atoms with Crippen LogP contribution >= 0.6 is 11.6 Å². The first kappa shape index (κ1) is 25.5. The van der Waals surface area contributed by atoms with Crippen molar-refractivity contribution in [3.8, 4) is 0 Å². The summed E-state index contributed by atoms with van der Waals surface area (Å²) in [4.78, 5) is 29.0. The van der Waals surface area contributed by atoms with Gasteiger partial charge in [0.05, 0.1) is 6.42 Å². The van der Waals surface area contributed by atoms with Gasteiger partial charge in [0, 0.05) is 23.5 Å². The summed E-state index contributed by atoms with van der Waals surface area (Å²) in [5.74, 6) is -0.309. The number of hydrogen-bond donors (Lipinski definition) is 1. The second-order valence-electron chi connectivity index (χ2n) is 9.72. The zero-order valence-electron chi connectivity index (χ0n) is 20.3. The average molecular weight is 477 g/mol. The number of benzene rings is 3. The van der Waals surface area contributed by atoms with Crippen LogP contribution in [0.5, 0.6) is 0 Å². The predicted molar refractivity (Wildman–Crippen MR) is 139 cm³/mol. The fraction of sp³-hybridized carbons (Fsp3) is 0.310. The number of nitrogens with zero attached hydrogens (tertiary/aromatic N) is 1. The molecule has 1 atom stereocenters. The Morgan fingerprint density at radius 2 is 1.56 bits per heavy atom. The van der Waals surface area contributed by atoms with Crippen LogP contribution in [0.3, 0.4) is 0 Å². The smallest absolute Gasteiger partial charge is 0.243 e. The van der Waals surface area contributed by atoms with E-state index < -0.39 is 11.6 Å². The molecule has 4 nitrogen and oxygen atoms in total. The molecule has 3 rings (SSSR count). The third-order valence-corrected chi connectivity index (χ3v) is 5.87. The molecule has 1 unspecified atom stereocenters. The summed E-state index contributed by atoms with van der Waals surface area (Å²) in [7, 11) is 0. The van der Waals surface area contributed by atoms with Gasteiger partial charge in [0.1, 0.15) is 6.04 Å². The first-order chi connectivity index (χ1) is 16.1. The second kappa shape index (κ2) is 11.3. The molecule has 0 heterocycles. The molecule has 1 N–H and O–H groups in total. The van der Waals surface area contributed by atoms with Gasteiger partial charge in [-0.3, -0.25) is 9.59 Å². The second-order valence-corrected chi connectivity index (χ2v) is 10.1. The van der Waals surface area contributed by atoms with Crippen LogP contribution < -0.4 is 5.32 Å². The molecule has 5 heteroatoms. The minimum atomic E-state index is -0.669. The highest BCUT2D eigenvalue weighted by molar-refractivity contribution is 6.31. The summed E-state index contributed by atoms with van der Waals surface area (Å²) < 4.78 is 0. The van der Waals surface area contributed by atoms with E-state index in [9.17, 15) is 9.59 Å². The van der Waals surface area contributed by atoms with Crippen molar-refractivity contribution in [3.63, 3.8) is 0 Å². The van der Waals surface area contributed by atoms with E-state index in [1.54, 1.807) is 11.0 Å². The lowest BCUT2D eigenvalue weighted by Gasteiger charge is -2.34. The van der Waals surface area contributed by atoms with Gasteiger partial charge in [0.15, 0.2) is 0 Å². The minimum absolute atomic E-state index is 0.125. The number of carbonyl (C=O) groups is 2. The zero-order valence-corrected chi connectivity index (χ0v) is 21.1. The van der Waals surface area contributed by atoms with Crippen molar-refractivity contribution >= 4 is 23.4 Å². The van der Waals surface area contributed by atoms with Gasteiger partial charge in [0.25, 0.3) is 0 Å². The Morgan fingerprint density at radius 3 is 2.21 bits per heavy atom. The van der Waals surface area contributed by atoms with E-state index in [-0.39, 0.29) is 18.2 Å². The molecule has 178 valence electrons. The predicted octanol–water partition coefficient (Wildman–Crippen LogP) is 5.75. The Balaban J connectivity index is 2.00. The Hall–Kier alpha value is -3.11. The van der Waals surface area contributed by atoms with Gasteiger partial charge in [-0.2, -0.15) is 0 Å². The number of amides is 2. The fourth-order valence-corrected chi connectivity index (χ4v) is 4.12. The number of halogens is 1. The summed E-state index contributed by atoms with van der Waals surface area (Å²) in [5.41, 5.74) is 3.41. The number of rotatable bonds is 8. The summed E-state index contributed by atoms with van der Waals surface area (Å²) in [6, 6.07) is 24.5. The molecule has 0 saturated carbocycles. The van der Waals surface area contributed by atoms with Crippen molar-refractivity contribution < 1.29 is 9.59 Å². The van der Waals surface area contributed by atoms with Crippen LogP contribution in [0, 0.1) is 6.92 Å². The Kier molecular flexibility index (Phi) is 8.51. The van der Waals surface area contributed by atoms with Crippen molar-refractivity contribution in [3.05, 3.63) is 106 Å². The molecule has 0 radical (unpaired) electrons. The van der Waals surface area contributed by atoms with Crippen molar-refractivity contribution in [1.29, 1.82) is 0 Å². The normalized spacial score (nSPS) is 12.1. The Morgan fingerprint density at radius 1 is 0.912 bits per heavy atom. The molecule has 0 fully saturated rings. The monoisotopic (exact) mass is 476 g/mol. The first-order valence-electron chi connectivity index (χ1n) is 11.6. The average Bonchev–Trinajstić information content (AvgIpc) is 2.77. The topological polar surface area (TPSA) is 49.4 Å². The number of carbonyl (C=O) groups excluding carboxylic acids is 2. The van der Waals surface area contributed by atoms with Crippen LogP contribution in [0.25, 0.3) is 0 Å². The molecule has 3 aromatic carbocycles. The van der Waals surface area contributed by atoms with E-state index in [1.165, 1.54) is 0 Å². The largest absolute Gasteiger partial charge is 0.350 e. The van der Waals surface area contributed by atoms with Gasteiger partial charge >= 0.3 is 0 Å². The van der Waals surface area contributed by atoms with Crippen molar-refractivity contribution in [2.45, 2.75) is 58.7 Å². The van der Waals surface area contributed by atoms with Gasteiger partial charge < -0.3 is 10.2 Å². The third kappa shape index (κ3) is 7.46. The van der Waals surface area contributed by atoms with Crippen molar-refractivity contribution in [2.24, 2.45) is 0 Å². The maximum absolute atomic E-state index is 13.7. The van der Waals surface area contributed by atoms with Gasteiger partial charge in [0.2, 0.25) is 11.8 Å². The van der Waals surface area contributed by atoms with Crippen LogP contribution in [-0.4, -0.2) is 28.3 Å². The van der Waals surface area contributed by atoms with Gasteiger partial charge in [-0.25, -0.2) is 0 Å². The maximum atomic E-state index is 13.7. The van der Waals surface area contributed by atoms with E-state index in [0.717, 1.165) is 22.3 Å². The molecule has 0 aliphatic rings. The molecule has 0 saturated heterocycles. The molecular formula is C29H33ClN2O2. The molecule has 0 aliphatic heterocycles. The van der Waals surface area contributed by atoms with E-state index in [1.807, 2.05) is 94.4 Å². The van der Waals surface area contributed by atoms with Crippen LogP contribution in [0.4, 0.5) is 0 Å². The standard InChI is InChI=1S/C29H33ClN2O2/c1-21-11-10-14-23(17-21)20-32(27(33)19-24-15-8-9-16-25(24)30)26(28(34)31-29(2,3)4)18-22-12-6-5-7-13-22/h5-17,26H,18-20H2,1-4H3,(H,31,34). The van der Waals surface area contributed by atoms with Crippen LogP contribution in [0.1, 0.15) is 43.0 Å². The Labute approximate surface area is 207 Å². The molecule has 0 spiro atoms. The maximum Gasteiger partial charge on any atom is 0.243 e.